The van der Waals surface area contributed by atoms with Crippen molar-refractivity contribution in [1.82, 2.24) is 25.3 Å². The van der Waals surface area contributed by atoms with Crippen molar-refractivity contribution in [1.29, 1.82) is 0 Å². The Morgan fingerprint density at radius 1 is 1.16 bits per heavy atom. The Morgan fingerprint density at radius 2 is 2.04 bits per heavy atom. The largest absolute Gasteiger partial charge is 0.430 e. The molecule has 9 nitrogen and oxygen atoms in total. The standard InChI is InChI=1S/C16H16N6O3/c1-11-6-9-22(21-11)14-4-3-13(19-20-14)17-7-8-18-16(24)12-2-5-15(23)25-10-12/h2-6,9-10H,7-8H2,1H3,(H,17,19)(H,18,24). The summed E-state index contributed by atoms with van der Waals surface area (Å²) in [5, 5.41) is 18.2. The zero-order chi connectivity index (χ0) is 17.6. The van der Waals surface area contributed by atoms with Gasteiger partial charge in [0.2, 0.25) is 0 Å². The number of nitrogens with one attached hydrogen (secondary N) is 2. The Kier molecular flexibility index (Phi) is 4.84. The number of nitrogens with zero attached hydrogens (tertiary/aromatic N) is 4. The quantitative estimate of drug-likeness (QED) is 0.637. The maximum absolute atomic E-state index is 11.8. The normalized spacial score (nSPS) is 10.4. The van der Waals surface area contributed by atoms with Gasteiger partial charge in [-0.15, -0.1) is 10.2 Å². The van der Waals surface area contributed by atoms with Gasteiger partial charge in [-0.05, 0) is 31.2 Å². The summed E-state index contributed by atoms with van der Waals surface area (Å²) in [6.45, 7) is 2.74. The van der Waals surface area contributed by atoms with Gasteiger partial charge < -0.3 is 15.1 Å². The van der Waals surface area contributed by atoms with E-state index in [0.29, 0.717) is 30.3 Å². The van der Waals surface area contributed by atoms with Crippen LogP contribution >= 0.6 is 0 Å². The van der Waals surface area contributed by atoms with Crippen LogP contribution < -0.4 is 16.3 Å². The molecular weight excluding hydrogens is 324 g/mol. The molecule has 3 rings (SSSR count). The van der Waals surface area contributed by atoms with E-state index in [0.717, 1.165) is 12.0 Å². The van der Waals surface area contributed by atoms with Gasteiger partial charge in [-0.1, -0.05) is 0 Å². The fourth-order valence-electron chi connectivity index (χ4n) is 2.04. The van der Waals surface area contributed by atoms with E-state index in [1.807, 2.05) is 19.2 Å². The van der Waals surface area contributed by atoms with Crippen LogP contribution in [0.25, 0.3) is 5.82 Å². The molecule has 1 amide bonds. The number of aromatic nitrogens is 4. The van der Waals surface area contributed by atoms with Gasteiger partial charge in [-0.2, -0.15) is 5.10 Å². The van der Waals surface area contributed by atoms with E-state index in [9.17, 15) is 9.59 Å². The number of hydrogen-bond donors (Lipinski definition) is 2. The van der Waals surface area contributed by atoms with Gasteiger partial charge in [0, 0.05) is 25.4 Å². The van der Waals surface area contributed by atoms with Crippen LogP contribution in [-0.4, -0.2) is 39.0 Å². The zero-order valence-corrected chi connectivity index (χ0v) is 13.5. The van der Waals surface area contributed by atoms with E-state index >= 15 is 0 Å². The molecule has 3 aromatic heterocycles. The van der Waals surface area contributed by atoms with E-state index in [1.54, 1.807) is 16.8 Å². The molecule has 9 heteroatoms. The summed E-state index contributed by atoms with van der Waals surface area (Å²) < 4.78 is 6.29. The average molecular weight is 340 g/mol. The number of anilines is 1. The Hall–Kier alpha value is -3.49. The predicted molar refractivity (Wildman–Crippen MR) is 89.7 cm³/mol. The van der Waals surface area contributed by atoms with Crippen LogP contribution in [-0.2, 0) is 0 Å². The van der Waals surface area contributed by atoms with Crippen LogP contribution in [0.4, 0.5) is 5.82 Å². The molecule has 0 aliphatic rings. The Morgan fingerprint density at radius 3 is 2.68 bits per heavy atom. The third kappa shape index (κ3) is 4.28. The molecule has 128 valence electrons. The van der Waals surface area contributed by atoms with Crippen LogP contribution in [0.3, 0.4) is 0 Å². The topological polar surface area (TPSA) is 115 Å². The highest BCUT2D eigenvalue weighted by molar-refractivity contribution is 5.93. The van der Waals surface area contributed by atoms with Gasteiger partial charge in [0.05, 0.1) is 11.3 Å². The number of rotatable bonds is 6. The minimum Gasteiger partial charge on any atom is -0.430 e. The van der Waals surface area contributed by atoms with Gasteiger partial charge in [-0.25, -0.2) is 9.48 Å². The van der Waals surface area contributed by atoms with E-state index < -0.39 is 5.63 Å². The molecule has 0 aliphatic carbocycles. The first-order valence-corrected chi connectivity index (χ1v) is 7.59. The number of aryl methyl sites for hydroxylation is 1. The van der Waals surface area contributed by atoms with Crippen molar-refractivity contribution < 1.29 is 9.21 Å². The molecule has 3 aromatic rings. The molecule has 2 N–H and O–H groups in total. The SMILES string of the molecule is Cc1ccn(-c2ccc(NCCNC(=O)c3ccc(=O)oc3)nn2)n1. The highest BCUT2D eigenvalue weighted by atomic mass is 16.4. The van der Waals surface area contributed by atoms with Crippen LogP contribution in [0.5, 0.6) is 0 Å². The highest BCUT2D eigenvalue weighted by Crippen LogP contribution is 2.06. The molecule has 3 heterocycles. The van der Waals surface area contributed by atoms with Crippen molar-refractivity contribution in [3.05, 3.63) is 64.5 Å². The number of carbonyl (C=O) groups is 1. The highest BCUT2D eigenvalue weighted by Gasteiger charge is 2.06. The first-order valence-electron chi connectivity index (χ1n) is 7.59. The van der Waals surface area contributed by atoms with Crippen LogP contribution in [0.2, 0.25) is 0 Å². The maximum Gasteiger partial charge on any atom is 0.335 e. The molecule has 0 aromatic carbocycles. The molecule has 0 atom stereocenters. The van der Waals surface area contributed by atoms with E-state index in [1.165, 1.54) is 12.1 Å². The van der Waals surface area contributed by atoms with Gasteiger partial charge in [-0.3, -0.25) is 4.79 Å². The van der Waals surface area contributed by atoms with E-state index in [4.69, 9.17) is 0 Å². The van der Waals surface area contributed by atoms with E-state index in [-0.39, 0.29) is 5.91 Å². The minimum absolute atomic E-state index is 0.290. The summed E-state index contributed by atoms with van der Waals surface area (Å²) in [4.78, 5) is 22.7. The van der Waals surface area contributed by atoms with E-state index in [2.05, 4.69) is 30.3 Å². The molecule has 0 unspecified atom stereocenters. The lowest BCUT2D eigenvalue weighted by Gasteiger charge is -2.07. The van der Waals surface area contributed by atoms with Gasteiger partial charge in [0.25, 0.3) is 5.91 Å². The van der Waals surface area contributed by atoms with Crippen LogP contribution in [0, 0.1) is 6.92 Å². The van der Waals surface area contributed by atoms with Crippen molar-refractivity contribution in [2.24, 2.45) is 0 Å². The fourth-order valence-corrected chi connectivity index (χ4v) is 2.04. The lowest BCUT2D eigenvalue weighted by Crippen LogP contribution is -2.29. The molecule has 0 aliphatic heterocycles. The third-order valence-corrected chi connectivity index (χ3v) is 3.29. The Balaban J connectivity index is 1.46. The summed E-state index contributed by atoms with van der Waals surface area (Å²) in [5.74, 6) is 0.895. The smallest absolute Gasteiger partial charge is 0.335 e. The van der Waals surface area contributed by atoms with Crippen molar-refractivity contribution in [3.8, 4) is 5.82 Å². The van der Waals surface area contributed by atoms with Crippen molar-refractivity contribution in [2.75, 3.05) is 18.4 Å². The lowest BCUT2D eigenvalue weighted by molar-refractivity contribution is 0.0952. The van der Waals surface area contributed by atoms with Crippen molar-refractivity contribution in [2.45, 2.75) is 6.92 Å². The van der Waals surface area contributed by atoms with Gasteiger partial charge >= 0.3 is 5.63 Å². The summed E-state index contributed by atoms with van der Waals surface area (Å²) >= 11 is 0. The van der Waals surface area contributed by atoms with Crippen molar-refractivity contribution in [3.63, 3.8) is 0 Å². The molecule has 0 saturated heterocycles. The molecular formula is C16H16N6O3. The van der Waals surface area contributed by atoms with Crippen LogP contribution in [0.15, 0.2) is 52.0 Å². The number of carbonyl (C=O) groups excluding carboxylic acids is 1. The van der Waals surface area contributed by atoms with Gasteiger partial charge in [0.1, 0.15) is 12.1 Å². The molecule has 0 fully saturated rings. The molecule has 0 spiro atoms. The number of hydrogen-bond acceptors (Lipinski definition) is 7. The molecule has 0 saturated carbocycles. The maximum atomic E-state index is 11.8. The second kappa shape index (κ2) is 7.39. The van der Waals surface area contributed by atoms with Crippen LogP contribution in [0.1, 0.15) is 16.1 Å². The predicted octanol–water partition coefficient (Wildman–Crippen LogP) is 0.766. The third-order valence-electron chi connectivity index (χ3n) is 3.29. The first-order chi connectivity index (χ1) is 12.1. The summed E-state index contributed by atoms with van der Waals surface area (Å²) in [6, 6.07) is 8.08. The summed E-state index contributed by atoms with van der Waals surface area (Å²) in [7, 11) is 0. The fraction of sp³-hybridized carbons (Fsp3) is 0.188. The molecule has 0 radical (unpaired) electrons. The molecule has 25 heavy (non-hydrogen) atoms. The Bertz CT molecular complexity index is 896. The minimum atomic E-state index is -0.495. The first kappa shape index (κ1) is 16.4. The second-order valence-electron chi connectivity index (χ2n) is 5.20. The summed E-state index contributed by atoms with van der Waals surface area (Å²) in [5.41, 5.74) is 0.696. The second-order valence-corrected chi connectivity index (χ2v) is 5.20. The zero-order valence-electron chi connectivity index (χ0n) is 13.5. The summed E-state index contributed by atoms with van der Waals surface area (Å²) in [6.07, 6.45) is 2.94. The monoisotopic (exact) mass is 340 g/mol. The lowest BCUT2D eigenvalue weighted by atomic mass is 10.3. The average Bonchev–Trinajstić information content (AvgIpc) is 3.06. The van der Waals surface area contributed by atoms with Gasteiger partial charge in [0.15, 0.2) is 5.82 Å². The van der Waals surface area contributed by atoms with Crippen molar-refractivity contribution >= 4 is 11.7 Å². The molecule has 0 bridgehead atoms. The Labute approximate surface area is 142 Å². The number of amides is 1.